The minimum Gasteiger partial charge on any atom is -0.503 e. The van der Waals surface area contributed by atoms with E-state index in [0.29, 0.717) is 25.6 Å². The van der Waals surface area contributed by atoms with Gasteiger partial charge in [-0.2, -0.15) is 4.39 Å². The van der Waals surface area contributed by atoms with Crippen LogP contribution < -0.4 is 5.73 Å². The van der Waals surface area contributed by atoms with E-state index < -0.39 is 34.7 Å². The number of hydrogen-bond acceptors (Lipinski definition) is 3. The van der Waals surface area contributed by atoms with E-state index in [9.17, 15) is 18.0 Å². The van der Waals surface area contributed by atoms with E-state index in [1.54, 1.807) is 0 Å². The molecule has 4 nitrogen and oxygen atoms in total. The van der Waals surface area contributed by atoms with Gasteiger partial charge in [-0.3, -0.25) is 4.79 Å². The number of phenolic OH excluding ortho intramolecular Hbond substituents is 1. The molecule has 1 aromatic carbocycles. The molecule has 1 saturated heterocycles. The fraction of sp³-hybridized carbons (Fsp3) is 0.462. The second-order valence-electron chi connectivity index (χ2n) is 5.06. The first-order chi connectivity index (χ1) is 9.32. The predicted octanol–water partition coefficient (Wildman–Crippen LogP) is 1.62. The lowest BCUT2D eigenvalue weighted by atomic mass is 9.94. The number of nitrogens with two attached hydrogens (primary N) is 1. The smallest absolute Gasteiger partial charge is 0.257 e. The topological polar surface area (TPSA) is 66.6 Å². The lowest BCUT2D eigenvalue weighted by Gasteiger charge is -2.35. The molecule has 2 rings (SSSR count). The predicted molar refractivity (Wildman–Crippen MR) is 65.6 cm³/mol. The minimum atomic E-state index is -1.70. The number of benzene rings is 1. The van der Waals surface area contributed by atoms with Crippen LogP contribution in [-0.4, -0.2) is 35.0 Å². The van der Waals surface area contributed by atoms with Gasteiger partial charge in [0.25, 0.3) is 5.91 Å². The molecule has 1 fully saturated rings. The fourth-order valence-corrected chi connectivity index (χ4v) is 2.26. The SMILES string of the molecule is CC1CN(C(=O)c2cc(F)c(F)c(O)c2F)CCC1N. The van der Waals surface area contributed by atoms with Gasteiger partial charge in [0.15, 0.2) is 17.4 Å². The Morgan fingerprint density at radius 2 is 2.05 bits per heavy atom. The Kier molecular flexibility index (Phi) is 3.89. The van der Waals surface area contributed by atoms with Gasteiger partial charge in [0.05, 0.1) is 5.56 Å². The van der Waals surface area contributed by atoms with Gasteiger partial charge < -0.3 is 15.7 Å². The number of likely N-dealkylation sites (tertiary alicyclic amines) is 1. The first-order valence-electron chi connectivity index (χ1n) is 6.24. The number of rotatable bonds is 1. The Morgan fingerprint density at radius 1 is 1.40 bits per heavy atom. The number of aromatic hydroxyl groups is 1. The molecule has 0 aromatic heterocycles. The summed E-state index contributed by atoms with van der Waals surface area (Å²) in [5, 5.41) is 9.13. The summed E-state index contributed by atoms with van der Waals surface area (Å²) in [5.74, 6) is -6.85. The number of halogens is 3. The number of nitrogens with zero attached hydrogens (tertiary/aromatic N) is 1. The van der Waals surface area contributed by atoms with Crippen molar-refractivity contribution < 1.29 is 23.1 Å². The molecular weight excluding hydrogens is 273 g/mol. The van der Waals surface area contributed by atoms with Gasteiger partial charge in [0.1, 0.15) is 0 Å². The van der Waals surface area contributed by atoms with Crippen LogP contribution >= 0.6 is 0 Å². The average molecular weight is 288 g/mol. The molecule has 3 N–H and O–H groups in total. The van der Waals surface area contributed by atoms with Crippen LogP contribution in [0.25, 0.3) is 0 Å². The third-order valence-corrected chi connectivity index (χ3v) is 3.62. The van der Waals surface area contributed by atoms with E-state index in [1.165, 1.54) is 4.90 Å². The summed E-state index contributed by atoms with van der Waals surface area (Å²) >= 11 is 0. The summed E-state index contributed by atoms with van der Waals surface area (Å²) < 4.78 is 39.9. The zero-order valence-electron chi connectivity index (χ0n) is 10.9. The zero-order chi connectivity index (χ0) is 15.0. The molecule has 1 aliphatic heterocycles. The van der Waals surface area contributed by atoms with Crippen LogP contribution in [0, 0.1) is 23.4 Å². The molecule has 0 saturated carbocycles. The lowest BCUT2D eigenvalue weighted by Crippen LogP contribution is -2.48. The molecule has 2 atom stereocenters. The number of phenols is 1. The van der Waals surface area contributed by atoms with Crippen molar-refractivity contribution in [2.45, 2.75) is 19.4 Å². The first-order valence-corrected chi connectivity index (χ1v) is 6.24. The molecule has 110 valence electrons. The van der Waals surface area contributed by atoms with Crippen molar-refractivity contribution in [2.24, 2.45) is 11.7 Å². The van der Waals surface area contributed by atoms with Crippen molar-refractivity contribution in [3.05, 3.63) is 29.1 Å². The molecule has 0 aliphatic carbocycles. The Morgan fingerprint density at radius 3 is 2.65 bits per heavy atom. The third kappa shape index (κ3) is 2.45. The molecule has 1 aromatic rings. The van der Waals surface area contributed by atoms with Gasteiger partial charge in [0.2, 0.25) is 5.82 Å². The summed E-state index contributed by atoms with van der Waals surface area (Å²) in [6, 6.07) is 0.411. The van der Waals surface area contributed by atoms with Gasteiger partial charge in [-0.1, -0.05) is 6.92 Å². The fourth-order valence-electron chi connectivity index (χ4n) is 2.26. The number of piperidine rings is 1. The normalized spacial score (nSPS) is 22.9. The quantitative estimate of drug-likeness (QED) is 0.772. The Balaban J connectivity index is 2.30. The molecule has 0 radical (unpaired) electrons. The number of carbonyl (C=O) groups excluding carboxylic acids is 1. The van der Waals surface area contributed by atoms with E-state index in [2.05, 4.69) is 0 Å². The first kappa shape index (κ1) is 14.6. The van der Waals surface area contributed by atoms with Crippen molar-refractivity contribution in [3.8, 4) is 5.75 Å². The van der Waals surface area contributed by atoms with Crippen LogP contribution in [0.2, 0.25) is 0 Å². The molecule has 20 heavy (non-hydrogen) atoms. The number of hydrogen-bond donors (Lipinski definition) is 2. The Hall–Kier alpha value is -1.76. The molecular formula is C13H15F3N2O2. The lowest BCUT2D eigenvalue weighted by molar-refractivity contribution is 0.0657. The summed E-state index contributed by atoms with van der Waals surface area (Å²) in [4.78, 5) is 13.5. The number of carbonyl (C=O) groups is 1. The van der Waals surface area contributed by atoms with Crippen LogP contribution in [0.5, 0.6) is 5.75 Å². The molecule has 1 heterocycles. The monoisotopic (exact) mass is 288 g/mol. The summed E-state index contributed by atoms with van der Waals surface area (Å²) in [6.07, 6.45) is 0.546. The second-order valence-corrected chi connectivity index (χ2v) is 5.06. The van der Waals surface area contributed by atoms with Gasteiger partial charge in [-0.25, -0.2) is 8.78 Å². The average Bonchev–Trinajstić information content (AvgIpc) is 2.43. The van der Waals surface area contributed by atoms with Gasteiger partial charge >= 0.3 is 0 Å². The molecule has 0 spiro atoms. The van der Waals surface area contributed by atoms with Gasteiger partial charge in [-0.15, -0.1) is 0 Å². The largest absolute Gasteiger partial charge is 0.503 e. The molecule has 1 amide bonds. The Bertz CT molecular complexity index is 551. The van der Waals surface area contributed by atoms with Crippen molar-refractivity contribution in [1.29, 1.82) is 0 Å². The molecule has 0 bridgehead atoms. The Labute approximate surface area is 114 Å². The van der Waals surface area contributed by atoms with Crippen LogP contribution in [0.15, 0.2) is 6.07 Å². The highest BCUT2D eigenvalue weighted by atomic mass is 19.2. The highest BCUT2D eigenvalue weighted by Crippen LogP contribution is 2.27. The highest BCUT2D eigenvalue weighted by Gasteiger charge is 2.30. The van der Waals surface area contributed by atoms with Crippen LogP contribution in [0.4, 0.5) is 13.2 Å². The van der Waals surface area contributed by atoms with Gasteiger partial charge in [-0.05, 0) is 18.4 Å². The summed E-state index contributed by atoms with van der Waals surface area (Å²) in [5.41, 5.74) is 5.14. The minimum absolute atomic E-state index is 0.0228. The summed E-state index contributed by atoms with van der Waals surface area (Å²) in [7, 11) is 0. The number of amides is 1. The molecule has 1 aliphatic rings. The van der Waals surface area contributed by atoms with Crippen molar-refractivity contribution in [1.82, 2.24) is 4.90 Å². The second kappa shape index (κ2) is 5.32. The highest BCUT2D eigenvalue weighted by molar-refractivity contribution is 5.95. The van der Waals surface area contributed by atoms with Crippen LogP contribution in [0.3, 0.4) is 0 Å². The molecule has 7 heteroatoms. The van der Waals surface area contributed by atoms with Crippen molar-refractivity contribution in [3.63, 3.8) is 0 Å². The van der Waals surface area contributed by atoms with Gasteiger partial charge in [0, 0.05) is 19.1 Å². The zero-order valence-corrected chi connectivity index (χ0v) is 10.9. The van der Waals surface area contributed by atoms with Crippen molar-refractivity contribution >= 4 is 5.91 Å². The van der Waals surface area contributed by atoms with E-state index >= 15 is 0 Å². The molecule has 2 unspecified atom stereocenters. The van der Waals surface area contributed by atoms with Crippen LogP contribution in [-0.2, 0) is 0 Å². The summed E-state index contributed by atoms with van der Waals surface area (Å²) in [6.45, 7) is 2.46. The van der Waals surface area contributed by atoms with E-state index in [4.69, 9.17) is 10.8 Å². The van der Waals surface area contributed by atoms with E-state index in [-0.39, 0.29) is 12.0 Å². The standard InChI is InChI=1S/C13H15F3N2O2/c1-6-5-18(3-2-9(6)17)13(20)7-4-8(14)11(16)12(19)10(7)15/h4,6,9,19H,2-3,5,17H2,1H3. The van der Waals surface area contributed by atoms with Crippen LogP contribution in [0.1, 0.15) is 23.7 Å². The van der Waals surface area contributed by atoms with E-state index in [0.717, 1.165) is 0 Å². The van der Waals surface area contributed by atoms with E-state index in [1.807, 2.05) is 6.92 Å². The maximum Gasteiger partial charge on any atom is 0.257 e. The maximum atomic E-state index is 13.7. The third-order valence-electron chi connectivity index (χ3n) is 3.62. The van der Waals surface area contributed by atoms with Crippen molar-refractivity contribution in [2.75, 3.05) is 13.1 Å². The maximum absolute atomic E-state index is 13.7.